The lowest BCUT2D eigenvalue weighted by atomic mass is 9.92. The molecule has 8 atom stereocenters. The number of hydrogen-bond donors (Lipinski definition) is 8. The number of ether oxygens (including phenoxy) is 10. The van der Waals surface area contributed by atoms with Crippen molar-refractivity contribution in [2.75, 3.05) is 39.4 Å². The number of methoxy groups -OCH3 is 2. The van der Waals surface area contributed by atoms with Gasteiger partial charge >= 0.3 is 11.9 Å². The highest BCUT2D eigenvalue weighted by Crippen LogP contribution is 2.49. The van der Waals surface area contributed by atoms with E-state index in [1.165, 1.54) is 50.2 Å². The average molecular weight is 1140 g/mol. The Bertz CT molecular complexity index is 3360. The maximum atomic E-state index is 12.9. The summed E-state index contributed by atoms with van der Waals surface area (Å²) in [5.74, 6) is -1.96. The molecule has 426 valence electrons. The topological polar surface area (TPSA) is 322 Å². The molecule has 4 aliphatic heterocycles. The maximum absolute atomic E-state index is 12.9. The van der Waals surface area contributed by atoms with Crippen molar-refractivity contribution in [3.63, 3.8) is 0 Å². The van der Waals surface area contributed by atoms with E-state index in [4.69, 9.17) is 47.4 Å². The minimum absolute atomic E-state index is 0.0676. The Balaban J connectivity index is 0.000000196. The van der Waals surface area contributed by atoms with Crippen molar-refractivity contribution in [3.05, 3.63) is 130 Å². The highest BCUT2D eigenvalue weighted by molar-refractivity contribution is 7.98. The van der Waals surface area contributed by atoms with Gasteiger partial charge in [-0.25, -0.2) is 0 Å². The maximum Gasteiger partial charge on any atom is 0.306 e. The number of thioether (sulfide) groups is 1. The number of phenolic OH excluding ortho intramolecular Hbond substituents is 6. The Morgan fingerprint density at radius 3 is 1.28 bits per heavy atom. The molecular formula is C58H56O22S. The molecule has 6 aromatic carbocycles. The molecule has 0 amide bonds. The average Bonchev–Trinajstić information content (AvgIpc) is 3.59. The van der Waals surface area contributed by atoms with E-state index in [-0.39, 0.29) is 107 Å². The molecule has 0 radical (unpaired) electrons. The molecule has 0 aliphatic carbocycles. The van der Waals surface area contributed by atoms with E-state index in [1.807, 2.05) is 13.2 Å². The Kier molecular flexibility index (Phi) is 17.0. The first-order chi connectivity index (χ1) is 38.9. The van der Waals surface area contributed by atoms with Crippen molar-refractivity contribution in [2.24, 2.45) is 0 Å². The van der Waals surface area contributed by atoms with Crippen molar-refractivity contribution < 1.29 is 107 Å². The van der Waals surface area contributed by atoms with E-state index in [0.29, 0.717) is 45.9 Å². The van der Waals surface area contributed by atoms with Crippen LogP contribution in [0.1, 0.15) is 93.6 Å². The molecule has 0 aromatic heterocycles. The largest absolute Gasteiger partial charge is 0.508 e. The van der Waals surface area contributed by atoms with Crippen LogP contribution < -0.4 is 37.9 Å². The lowest BCUT2D eigenvalue weighted by molar-refractivity contribution is -0.149. The van der Waals surface area contributed by atoms with Gasteiger partial charge in [-0.05, 0) is 72.3 Å². The van der Waals surface area contributed by atoms with Crippen LogP contribution in [-0.2, 0) is 19.1 Å². The van der Waals surface area contributed by atoms with E-state index in [1.54, 1.807) is 60.7 Å². The molecule has 81 heavy (non-hydrogen) atoms. The fourth-order valence-electron chi connectivity index (χ4n) is 9.42. The number of aliphatic hydroxyl groups is 2. The molecule has 4 heterocycles. The number of aliphatic hydroxyl groups excluding tert-OH is 2. The summed E-state index contributed by atoms with van der Waals surface area (Å²) < 4.78 is 58.0. The van der Waals surface area contributed by atoms with Crippen molar-refractivity contribution in [3.8, 4) is 80.5 Å². The number of carbonyl (C=O) groups excluding carboxylic acids is 4. The number of carbonyl (C=O) groups is 4. The summed E-state index contributed by atoms with van der Waals surface area (Å²) in [6.07, 6.45) is -5.70. The van der Waals surface area contributed by atoms with E-state index in [0.717, 1.165) is 12.1 Å². The molecule has 0 bridgehead atoms. The Hall–Kier alpha value is -8.93. The SMILES string of the molecule is CCCC(=O)OCC1Oc2ccc([C@H]3Oc4cc(O)cc(O)c4C(=O)[C@@H]3O)cc2OC1c1ccc(O)c(OC)c1.COc1cc(C2Oc3cc([C@H]4Oc5cc(O)cc(O)c5C(=O)[C@@H]4O)ccc3OC2COC(=O)CCSC)ccc1O. The minimum atomic E-state index is -1.65. The molecule has 23 heteroatoms. The lowest BCUT2D eigenvalue weighted by Crippen LogP contribution is -2.38. The third kappa shape index (κ3) is 12.0. The van der Waals surface area contributed by atoms with Crippen LogP contribution in [0.4, 0.5) is 0 Å². The first-order valence-electron chi connectivity index (χ1n) is 25.3. The van der Waals surface area contributed by atoms with Gasteiger partial charge < -0.3 is 88.2 Å². The van der Waals surface area contributed by atoms with Crippen molar-refractivity contribution >= 4 is 35.3 Å². The van der Waals surface area contributed by atoms with Crippen LogP contribution in [0.5, 0.6) is 80.5 Å². The highest BCUT2D eigenvalue weighted by Gasteiger charge is 2.43. The molecular weight excluding hydrogens is 1080 g/mol. The number of esters is 2. The third-order valence-electron chi connectivity index (χ3n) is 13.4. The van der Waals surface area contributed by atoms with Gasteiger partial charge in [0.2, 0.25) is 11.6 Å². The van der Waals surface area contributed by atoms with Crippen LogP contribution in [-0.4, -0.2) is 128 Å². The van der Waals surface area contributed by atoms with Crippen molar-refractivity contribution in [1.29, 1.82) is 0 Å². The zero-order valence-corrected chi connectivity index (χ0v) is 44.6. The number of ketones is 2. The van der Waals surface area contributed by atoms with Crippen LogP contribution in [0.2, 0.25) is 0 Å². The van der Waals surface area contributed by atoms with Gasteiger partial charge in [0.1, 0.15) is 58.8 Å². The van der Waals surface area contributed by atoms with Gasteiger partial charge in [-0.1, -0.05) is 31.2 Å². The molecule has 10 rings (SSSR count). The van der Waals surface area contributed by atoms with Gasteiger partial charge in [0.25, 0.3) is 0 Å². The monoisotopic (exact) mass is 1140 g/mol. The summed E-state index contributed by atoms with van der Waals surface area (Å²) in [7, 11) is 2.83. The van der Waals surface area contributed by atoms with E-state index >= 15 is 0 Å². The highest BCUT2D eigenvalue weighted by atomic mass is 32.2. The summed E-state index contributed by atoms with van der Waals surface area (Å²) in [5, 5.41) is 81.6. The number of benzene rings is 6. The number of fused-ring (bicyclic) bond motifs is 4. The molecule has 0 saturated heterocycles. The predicted molar refractivity (Wildman–Crippen MR) is 285 cm³/mol. The van der Waals surface area contributed by atoms with Crippen molar-refractivity contribution in [2.45, 2.75) is 75.0 Å². The molecule has 0 spiro atoms. The first-order valence-corrected chi connectivity index (χ1v) is 26.7. The predicted octanol–water partition coefficient (Wildman–Crippen LogP) is 7.38. The van der Waals surface area contributed by atoms with E-state index in [9.17, 15) is 60.0 Å². The van der Waals surface area contributed by atoms with Crippen LogP contribution in [0, 0.1) is 0 Å². The summed E-state index contributed by atoms with van der Waals surface area (Å²) >= 11 is 1.53. The molecule has 22 nitrogen and oxygen atoms in total. The van der Waals surface area contributed by atoms with Gasteiger partial charge in [-0.15, -0.1) is 0 Å². The Labute approximate surface area is 466 Å². The molecule has 0 fully saturated rings. The second-order valence-corrected chi connectivity index (χ2v) is 19.9. The van der Waals surface area contributed by atoms with Gasteiger partial charge in [0, 0.05) is 47.6 Å². The number of aromatic hydroxyl groups is 6. The Morgan fingerprint density at radius 2 is 0.877 bits per heavy atom. The third-order valence-corrected chi connectivity index (χ3v) is 14.0. The van der Waals surface area contributed by atoms with Crippen LogP contribution in [0.15, 0.2) is 97.1 Å². The first kappa shape index (κ1) is 56.8. The van der Waals surface area contributed by atoms with Crippen LogP contribution in [0.3, 0.4) is 0 Å². The zero-order chi connectivity index (χ0) is 57.8. The van der Waals surface area contributed by atoms with Gasteiger partial charge in [-0.3, -0.25) is 19.2 Å². The lowest BCUT2D eigenvalue weighted by Gasteiger charge is -2.35. The quantitative estimate of drug-likeness (QED) is 0.0465. The van der Waals surface area contributed by atoms with E-state index in [2.05, 4.69) is 0 Å². The second kappa shape index (κ2) is 24.2. The number of rotatable bonds is 15. The smallest absolute Gasteiger partial charge is 0.306 e. The number of phenols is 6. The molecule has 6 aromatic rings. The summed E-state index contributed by atoms with van der Waals surface area (Å²) in [5.41, 5.74) is 1.44. The van der Waals surface area contributed by atoms with Gasteiger partial charge in [0.05, 0.1) is 20.6 Å². The summed E-state index contributed by atoms with van der Waals surface area (Å²) in [6, 6.07) is 23.1. The molecule has 4 unspecified atom stereocenters. The summed E-state index contributed by atoms with van der Waals surface area (Å²) in [4.78, 5) is 50.0. The van der Waals surface area contributed by atoms with Crippen LogP contribution in [0.25, 0.3) is 0 Å². The second-order valence-electron chi connectivity index (χ2n) is 18.9. The standard InChI is InChI=1S/C29H28O11S.C29H28O11/c1-36-20-9-14(3-5-17(20)31)28-23(13-37-24(33)7-8-41-2)38-19-6-4-15(10-21(19)39-28)29-27(35)26(34)25-18(32)11-16(30)12-22(25)40-29;1-3-4-24(33)37-13-23-28(14-5-7-17(31)20(9-14)36-2)39-21-10-15(6-8-19(21)38-23)29-27(35)26(34)25-18(32)11-16(30)12-22(25)40-29/h3-6,9-12,23,27-32,35H,7-8,13H2,1-2H3;5-12,23,27-32,35H,3-4,13H2,1-2H3/t2*23?,27-,28?,29+/m00/s1. The van der Waals surface area contributed by atoms with Crippen LogP contribution >= 0.6 is 11.8 Å². The summed E-state index contributed by atoms with van der Waals surface area (Å²) in [6.45, 7) is 1.66. The normalized spacial score (nSPS) is 21.1. The van der Waals surface area contributed by atoms with Gasteiger partial charge in [0.15, 0.2) is 94.8 Å². The number of Topliss-reactive ketones (excluding diaryl/α,β-unsaturated/α-hetero) is 2. The molecule has 0 saturated carbocycles. The fraction of sp³-hybridized carbons (Fsp3) is 0.310. The molecule has 8 N–H and O–H groups in total. The van der Waals surface area contributed by atoms with Gasteiger partial charge in [-0.2, -0.15) is 11.8 Å². The van der Waals surface area contributed by atoms with Crippen molar-refractivity contribution in [1.82, 2.24) is 0 Å². The number of hydrogen-bond acceptors (Lipinski definition) is 23. The molecule has 4 aliphatic rings. The fourth-order valence-corrected chi connectivity index (χ4v) is 9.79. The minimum Gasteiger partial charge on any atom is -0.508 e. The zero-order valence-electron chi connectivity index (χ0n) is 43.8. The van der Waals surface area contributed by atoms with E-state index < -0.39 is 71.9 Å². The Morgan fingerprint density at radius 1 is 0.481 bits per heavy atom.